The maximum Gasteiger partial charge on any atom is 0.257 e. The molecule has 0 spiro atoms. The van der Waals surface area contributed by atoms with Gasteiger partial charge in [0.2, 0.25) is 0 Å². The van der Waals surface area contributed by atoms with E-state index in [9.17, 15) is 4.79 Å². The molecule has 2 N–H and O–H groups in total. The number of hydrogen-bond donors (Lipinski definition) is 2. The van der Waals surface area contributed by atoms with E-state index >= 15 is 0 Å². The first kappa shape index (κ1) is 17.7. The standard InChI is InChI=1S/C14H22N2O2.ClH/c1-11(2)12-5-4-6-13(9-12)18-10-14(17)16-8-7-15-3;/h4-6,9,11,15H,7-8,10H2,1-3H3,(H,16,17);1H. The zero-order chi connectivity index (χ0) is 13.4. The van der Waals surface area contributed by atoms with Gasteiger partial charge in [0.15, 0.2) is 6.61 Å². The number of carbonyl (C=O) groups excluding carboxylic acids is 1. The van der Waals surface area contributed by atoms with Gasteiger partial charge < -0.3 is 15.4 Å². The lowest BCUT2D eigenvalue weighted by Gasteiger charge is -2.10. The van der Waals surface area contributed by atoms with Crippen LogP contribution in [0.15, 0.2) is 24.3 Å². The first-order valence-electron chi connectivity index (χ1n) is 6.27. The van der Waals surface area contributed by atoms with Crippen molar-refractivity contribution in [2.24, 2.45) is 0 Å². The predicted molar refractivity (Wildman–Crippen MR) is 80.2 cm³/mol. The van der Waals surface area contributed by atoms with E-state index in [1.165, 1.54) is 5.56 Å². The Morgan fingerprint density at radius 2 is 2.05 bits per heavy atom. The van der Waals surface area contributed by atoms with Gasteiger partial charge in [0.05, 0.1) is 0 Å². The summed E-state index contributed by atoms with van der Waals surface area (Å²) >= 11 is 0. The molecule has 1 aromatic carbocycles. The smallest absolute Gasteiger partial charge is 0.257 e. The van der Waals surface area contributed by atoms with Crippen LogP contribution in [-0.2, 0) is 4.79 Å². The van der Waals surface area contributed by atoms with Crippen molar-refractivity contribution >= 4 is 18.3 Å². The molecule has 0 saturated carbocycles. The van der Waals surface area contributed by atoms with E-state index in [4.69, 9.17) is 4.74 Å². The third kappa shape index (κ3) is 7.03. The summed E-state index contributed by atoms with van der Waals surface area (Å²) in [5.74, 6) is 1.10. The molecule has 0 atom stereocenters. The van der Waals surface area contributed by atoms with Crippen molar-refractivity contribution in [3.8, 4) is 5.75 Å². The van der Waals surface area contributed by atoms with Gasteiger partial charge in [0, 0.05) is 13.1 Å². The van der Waals surface area contributed by atoms with Crippen molar-refractivity contribution in [2.45, 2.75) is 19.8 Å². The highest BCUT2D eigenvalue weighted by Crippen LogP contribution is 2.19. The van der Waals surface area contributed by atoms with E-state index in [1.807, 2.05) is 25.2 Å². The second-order valence-corrected chi connectivity index (χ2v) is 4.47. The van der Waals surface area contributed by atoms with Crippen LogP contribution in [0.25, 0.3) is 0 Å². The molecule has 0 saturated heterocycles. The Morgan fingerprint density at radius 3 is 2.68 bits per heavy atom. The number of halogens is 1. The van der Waals surface area contributed by atoms with E-state index in [1.54, 1.807) is 0 Å². The fourth-order valence-corrected chi connectivity index (χ4v) is 1.49. The van der Waals surface area contributed by atoms with Crippen LogP contribution in [0.3, 0.4) is 0 Å². The van der Waals surface area contributed by atoms with Crippen molar-refractivity contribution in [3.63, 3.8) is 0 Å². The Labute approximate surface area is 121 Å². The molecule has 19 heavy (non-hydrogen) atoms. The van der Waals surface area contributed by atoms with Crippen molar-refractivity contribution in [1.29, 1.82) is 0 Å². The molecular weight excluding hydrogens is 264 g/mol. The van der Waals surface area contributed by atoms with E-state index in [-0.39, 0.29) is 24.9 Å². The van der Waals surface area contributed by atoms with Gasteiger partial charge in [-0.3, -0.25) is 4.79 Å². The van der Waals surface area contributed by atoms with Crippen molar-refractivity contribution < 1.29 is 9.53 Å². The minimum Gasteiger partial charge on any atom is -0.484 e. The third-order valence-corrected chi connectivity index (χ3v) is 2.59. The SMILES string of the molecule is CNCCNC(=O)COc1cccc(C(C)C)c1.Cl. The Kier molecular flexibility index (Phi) is 9.00. The molecule has 1 amide bonds. The number of amides is 1. The molecule has 0 fully saturated rings. The van der Waals surface area contributed by atoms with Crippen LogP contribution in [0.5, 0.6) is 5.75 Å². The molecule has 0 aromatic heterocycles. The summed E-state index contributed by atoms with van der Waals surface area (Å²) < 4.78 is 5.46. The first-order valence-corrected chi connectivity index (χ1v) is 6.27. The second kappa shape index (κ2) is 9.64. The van der Waals surface area contributed by atoms with E-state index in [2.05, 4.69) is 30.5 Å². The summed E-state index contributed by atoms with van der Waals surface area (Å²) in [5, 5.41) is 5.73. The van der Waals surface area contributed by atoms with Gasteiger partial charge in [0.1, 0.15) is 5.75 Å². The molecule has 4 nitrogen and oxygen atoms in total. The number of hydrogen-bond acceptors (Lipinski definition) is 3. The van der Waals surface area contributed by atoms with Crippen LogP contribution >= 0.6 is 12.4 Å². The fraction of sp³-hybridized carbons (Fsp3) is 0.500. The summed E-state index contributed by atoms with van der Waals surface area (Å²) in [6.07, 6.45) is 0. The van der Waals surface area contributed by atoms with E-state index in [0.717, 1.165) is 12.3 Å². The van der Waals surface area contributed by atoms with Crippen LogP contribution in [0.1, 0.15) is 25.3 Å². The molecule has 1 aromatic rings. The second-order valence-electron chi connectivity index (χ2n) is 4.47. The third-order valence-electron chi connectivity index (χ3n) is 2.59. The van der Waals surface area contributed by atoms with Gasteiger partial charge in [-0.1, -0.05) is 26.0 Å². The monoisotopic (exact) mass is 286 g/mol. The Balaban J connectivity index is 0.00000324. The molecule has 0 aliphatic carbocycles. The molecule has 0 heterocycles. The molecule has 0 unspecified atom stereocenters. The number of rotatable bonds is 7. The Morgan fingerprint density at radius 1 is 1.32 bits per heavy atom. The van der Waals surface area contributed by atoms with E-state index in [0.29, 0.717) is 12.5 Å². The van der Waals surface area contributed by atoms with Gasteiger partial charge in [0.25, 0.3) is 5.91 Å². The number of carbonyl (C=O) groups is 1. The molecule has 1 rings (SSSR count). The summed E-state index contributed by atoms with van der Waals surface area (Å²) in [4.78, 5) is 11.4. The first-order chi connectivity index (χ1) is 8.63. The van der Waals surface area contributed by atoms with Gasteiger partial charge in [-0.25, -0.2) is 0 Å². The normalized spacial score (nSPS) is 9.89. The van der Waals surface area contributed by atoms with Crippen molar-refractivity contribution in [2.75, 3.05) is 26.7 Å². The highest BCUT2D eigenvalue weighted by molar-refractivity contribution is 5.85. The lowest BCUT2D eigenvalue weighted by atomic mass is 10.0. The Hall–Kier alpha value is -1.26. The zero-order valence-corrected chi connectivity index (χ0v) is 12.5. The number of benzene rings is 1. The summed E-state index contributed by atoms with van der Waals surface area (Å²) in [6, 6.07) is 7.85. The summed E-state index contributed by atoms with van der Waals surface area (Å²) in [7, 11) is 1.85. The summed E-state index contributed by atoms with van der Waals surface area (Å²) in [5.41, 5.74) is 1.21. The maximum absolute atomic E-state index is 11.4. The lowest BCUT2D eigenvalue weighted by molar-refractivity contribution is -0.123. The average Bonchev–Trinajstić information content (AvgIpc) is 2.37. The highest BCUT2D eigenvalue weighted by Gasteiger charge is 2.04. The van der Waals surface area contributed by atoms with Crippen molar-refractivity contribution in [1.82, 2.24) is 10.6 Å². The molecule has 0 aliphatic rings. The van der Waals surface area contributed by atoms with Crippen molar-refractivity contribution in [3.05, 3.63) is 29.8 Å². The number of ether oxygens (including phenoxy) is 1. The fourth-order valence-electron chi connectivity index (χ4n) is 1.49. The van der Waals surface area contributed by atoms with Gasteiger partial charge in [-0.2, -0.15) is 0 Å². The molecule has 5 heteroatoms. The maximum atomic E-state index is 11.4. The number of likely N-dealkylation sites (N-methyl/N-ethyl adjacent to an activating group) is 1. The minimum atomic E-state index is -0.0970. The van der Waals surface area contributed by atoms with Gasteiger partial charge in [-0.15, -0.1) is 12.4 Å². The molecule has 0 bridgehead atoms. The molecule has 0 radical (unpaired) electrons. The van der Waals surface area contributed by atoms with Gasteiger partial charge in [-0.05, 0) is 30.7 Å². The molecule has 0 aliphatic heterocycles. The Bertz CT molecular complexity index is 383. The predicted octanol–water partition coefficient (Wildman–Crippen LogP) is 1.95. The van der Waals surface area contributed by atoms with Crippen LogP contribution in [0.2, 0.25) is 0 Å². The highest BCUT2D eigenvalue weighted by atomic mass is 35.5. The van der Waals surface area contributed by atoms with E-state index < -0.39 is 0 Å². The zero-order valence-electron chi connectivity index (χ0n) is 11.7. The largest absolute Gasteiger partial charge is 0.484 e. The van der Waals surface area contributed by atoms with Crippen LogP contribution in [-0.4, -0.2) is 32.7 Å². The van der Waals surface area contributed by atoms with Crippen LogP contribution < -0.4 is 15.4 Å². The van der Waals surface area contributed by atoms with Gasteiger partial charge >= 0.3 is 0 Å². The number of nitrogens with one attached hydrogen (secondary N) is 2. The van der Waals surface area contributed by atoms with Crippen LogP contribution in [0.4, 0.5) is 0 Å². The molecule has 108 valence electrons. The quantitative estimate of drug-likeness (QED) is 0.753. The lowest BCUT2D eigenvalue weighted by Crippen LogP contribution is -2.33. The molecular formula is C14H23ClN2O2. The average molecular weight is 287 g/mol. The minimum absolute atomic E-state index is 0. The topological polar surface area (TPSA) is 50.4 Å². The summed E-state index contributed by atoms with van der Waals surface area (Å²) in [6.45, 7) is 5.69. The van der Waals surface area contributed by atoms with Crippen LogP contribution in [0, 0.1) is 0 Å².